The van der Waals surface area contributed by atoms with Gasteiger partial charge in [0.05, 0.1) is 19.8 Å². The lowest BCUT2D eigenvalue weighted by molar-refractivity contribution is 0.102. The highest BCUT2D eigenvalue weighted by atomic mass is 35.5. The number of nitrogens with one attached hydrogen (secondary N) is 2. The average Bonchev–Trinajstić information content (AvgIpc) is 3.14. The maximum Gasteiger partial charge on any atom is 0.286 e. The van der Waals surface area contributed by atoms with Crippen LogP contribution in [0, 0.1) is 0 Å². The van der Waals surface area contributed by atoms with Gasteiger partial charge in [-0.05, 0) is 31.3 Å². The highest BCUT2D eigenvalue weighted by Gasteiger charge is 2.17. The van der Waals surface area contributed by atoms with Crippen LogP contribution in [0.3, 0.4) is 0 Å². The smallest absolute Gasteiger partial charge is 0.286 e. The molecule has 0 unspecified atom stereocenters. The van der Waals surface area contributed by atoms with Crippen molar-refractivity contribution in [1.82, 2.24) is 19.9 Å². The second-order valence-electron chi connectivity index (χ2n) is 5.09. The number of halogens is 2. The van der Waals surface area contributed by atoms with Crippen molar-refractivity contribution in [2.75, 3.05) is 12.4 Å². The number of benzene rings is 1. The number of rotatable bonds is 6. The Balaban J connectivity index is 1.71. The minimum Gasteiger partial charge on any atom is -0.320 e. The van der Waals surface area contributed by atoms with Crippen molar-refractivity contribution in [1.29, 1.82) is 0 Å². The van der Waals surface area contributed by atoms with Crippen molar-refractivity contribution >= 4 is 67.9 Å². The second kappa shape index (κ2) is 8.72. The SMILES string of the molecule is CNS(=O)(=O)c1ccc(NC(=O)c2nnc(Sc3c(Cl)cncc3Cl)s2)cc1. The summed E-state index contributed by atoms with van der Waals surface area (Å²) in [5.74, 6) is -0.472. The molecule has 0 atom stereocenters. The normalized spacial score (nSPS) is 11.4. The van der Waals surface area contributed by atoms with Crippen LogP contribution in [0.15, 0.2) is 50.8 Å². The summed E-state index contributed by atoms with van der Waals surface area (Å²) >= 11 is 14.4. The highest BCUT2D eigenvalue weighted by molar-refractivity contribution is 8.01. The number of nitrogens with zero attached hydrogens (tertiary/aromatic N) is 3. The number of anilines is 1. The minimum atomic E-state index is -3.54. The third-order valence-electron chi connectivity index (χ3n) is 3.29. The molecule has 0 bridgehead atoms. The summed E-state index contributed by atoms with van der Waals surface area (Å²) in [5.41, 5.74) is 0.421. The molecule has 0 aliphatic carbocycles. The Kier molecular flexibility index (Phi) is 6.53. The first kappa shape index (κ1) is 21.0. The summed E-state index contributed by atoms with van der Waals surface area (Å²) < 4.78 is 26.1. The fourth-order valence-corrected chi connectivity index (χ4v) is 4.96. The molecule has 2 N–H and O–H groups in total. The molecule has 0 spiro atoms. The summed E-state index contributed by atoms with van der Waals surface area (Å²) in [6.45, 7) is 0. The summed E-state index contributed by atoms with van der Waals surface area (Å²) in [4.78, 5) is 16.9. The lowest BCUT2D eigenvalue weighted by Gasteiger charge is -2.05. The zero-order chi connectivity index (χ0) is 20.3. The van der Waals surface area contributed by atoms with Gasteiger partial charge >= 0.3 is 0 Å². The number of hydrogen-bond donors (Lipinski definition) is 2. The summed E-state index contributed by atoms with van der Waals surface area (Å²) in [7, 11) is -2.22. The van der Waals surface area contributed by atoms with Gasteiger partial charge in [-0.25, -0.2) is 13.1 Å². The van der Waals surface area contributed by atoms with Crippen LogP contribution in [0.4, 0.5) is 5.69 Å². The van der Waals surface area contributed by atoms with E-state index in [1.165, 1.54) is 55.5 Å². The van der Waals surface area contributed by atoms with Crippen LogP contribution in [0.2, 0.25) is 10.0 Å². The zero-order valence-electron chi connectivity index (χ0n) is 14.0. The third kappa shape index (κ3) is 4.80. The van der Waals surface area contributed by atoms with E-state index in [2.05, 4.69) is 25.2 Å². The Morgan fingerprint density at radius 1 is 1.11 bits per heavy atom. The van der Waals surface area contributed by atoms with Gasteiger partial charge < -0.3 is 5.32 Å². The Morgan fingerprint density at radius 2 is 1.75 bits per heavy atom. The van der Waals surface area contributed by atoms with Crippen LogP contribution in [-0.4, -0.2) is 36.6 Å². The molecule has 0 radical (unpaired) electrons. The fourth-order valence-electron chi connectivity index (χ4n) is 1.95. The first-order valence-corrected chi connectivity index (χ1v) is 11.3. The van der Waals surface area contributed by atoms with Gasteiger partial charge in [0.1, 0.15) is 0 Å². The van der Waals surface area contributed by atoms with Crippen molar-refractivity contribution in [2.24, 2.45) is 0 Å². The maximum atomic E-state index is 12.3. The number of amides is 1. The molecule has 13 heteroatoms. The molecule has 0 saturated heterocycles. The van der Waals surface area contributed by atoms with E-state index >= 15 is 0 Å². The third-order valence-corrected chi connectivity index (χ3v) is 7.64. The minimum absolute atomic E-state index is 0.0914. The molecule has 0 aliphatic rings. The number of sulfonamides is 1. The Hall–Kier alpha value is -1.76. The maximum absolute atomic E-state index is 12.3. The monoisotopic (exact) mass is 475 g/mol. The molecule has 1 aromatic carbocycles. The molecular formula is C15H11Cl2N5O3S3. The first-order chi connectivity index (χ1) is 13.3. The molecule has 0 aliphatic heterocycles. The second-order valence-corrected chi connectivity index (χ2v) is 10.0. The van der Waals surface area contributed by atoms with Gasteiger partial charge in [-0.15, -0.1) is 10.2 Å². The van der Waals surface area contributed by atoms with Crippen LogP contribution in [0.1, 0.15) is 9.80 Å². The molecule has 2 aromatic heterocycles. The summed E-state index contributed by atoms with van der Waals surface area (Å²) in [6, 6.07) is 5.73. The topological polar surface area (TPSA) is 114 Å². The molecule has 8 nitrogen and oxygen atoms in total. The van der Waals surface area contributed by atoms with Crippen molar-refractivity contribution in [3.8, 4) is 0 Å². The predicted molar refractivity (Wildman–Crippen MR) is 109 cm³/mol. The van der Waals surface area contributed by atoms with Gasteiger partial charge in [0.15, 0.2) is 4.34 Å². The lowest BCUT2D eigenvalue weighted by Crippen LogP contribution is -2.18. The highest BCUT2D eigenvalue weighted by Crippen LogP contribution is 2.38. The number of hydrogen-bond acceptors (Lipinski definition) is 8. The number of carbonyl (C=O) groups is 1. The van der Waals surface area contributed by atoms with Gasteiger partial charge in [-0.3, -0.25) is 9.78 Å². The largest absolute Gasteiger partial charge is 0.320 e. The predicted octanol–water partition coefficient (Wildman–Crippen LogP) is 3.55. The van der Waals surface area contributed by atoms with Gasteiger partial charge in [0.25, 0.3) is 5.91 Å². The Labute approximate surface area is 178 Å². The zero-order valence-corrected chi connectivity index (χ0v) is 18.0. The van der Waals surface area contributed by atoms with Gasteiger partial charge in [-0.2, -0.15) is 0 Å². The fraction of sp³-hybridized carbons (Fsp3) is 0.0667. The van der Waals surface area contributed by atoms with Gasteiger partial charge in [0, 0.05) is 18.1 Å². The average molecular weight is 476 g/mol. The number of carbonyl (C=O) groups excluding carboxylic acids is 1. The van der Waals surface area contributed by atoms with E-state index in [0.29, 0.717) is 25.0 Å². The summed E-state index contributed by atoms with van der Waals surface area (Å²) in [6.07, 6.45) is 2.92. The van der Waals surface area contributed by atoms with E-state index < -0.39 is 15.9 Å². The number of pyridine rings is 1. The van der Waals surface area contributed by atoms with Crippen LogP contribution >= 0.6 is 46.3 Å². The molecule has 0 saturated carbocycles. The van der Waals surface area contributed by atoms with Crippen LogP contribution in [-0.2, 0) is 10.0 Å². The van der Waals surface area contributed by atoms with Gasteiger partial charge in [-0.1, -0.05) is 46.3 Å². The number of aromatic nitrogens is 3. The molecule has 28 heavy (non-hydrogen) atoms. The van der Waals surface area contributed by atoms with Crippen molar-refractivity contribution in [3.05, 3.63) is 51.7 Å². The molecule has 3 aromatic rings. The molecule has 1 amide bonds. The molecule has 3 rings (SSSR count). The van der Waals surface area contributed by atoms with E-state index in [1.807, 2.05) is 0 Å². The molecular weight excluding hydrogens is 465 g/mol. The van der Waals surface area contributed by atoms with Crippen LogP contribution in [0.5, 0.6) is 0 Å². The van der Waals surface area contributed by atoms with Crippen molar-refractivity contribution in [3.63, 3.8) is 0 Å². The van der Waals surface area contributed by atoms with E-state index in [4.69, 9.17) is 23.2 Å². The van der Waals surface area contributed by atoms with E-state index in [1.54, 1.807) is 0 Å². The first-order valence-electron chi connectivity index (χ1n) is 7.45. The molecule has 0 fully saturated rings. The lowest BCUT2D eigenvalue weighted by atomic mass is 10.3. The molecule has 146 valence electrons. The van der Waals surface area contributed by atoms with Gasteiger partial charge in [0.2, 0.25) is 15.0 Å². The standard InChI is InChI=1S/C15H11Cl2N5O3S3/c1-18-28(24,25)9-4-2-8(3-5-9)20-13(23)14-21-22-15(27-14)26-12-10(16)6-19-7-11(12)17/h2-7,18H,1H3,(H,20,23). The van der Waals surface area contributed by atoms with Crippen LogP contribution < -0.4 is 10.0 Å². The Morgan fingerprint density at radius 3 is 2.36 bits per heavy atom. The van der Waals surface area contributed by atoms with E-state index in [-0.39, 0.29) is 9.90 Å². The quantitative estimate of drug-likeness (QED) is 0.559. The molecule has 2 heterocycles. The van der Waals surface area contributed by atoms with Crippen molar-refractivity contribution < 1.29 is 13.2 Å². The van der Waals surface area contributed by atoms with E-state index in [9.17, 15) is 13.2 Å². The Bertz CT molecular complexity index is 1100. The van der Waals surface area contributed by atoms with Crippen molar-refractivity contribution in [2.45, 2.75) is 14.1 Å². The van der Waals surface area contributed by atoms with E-state index in [0.717, 1.165) is 11.3 Å². The summed E-state index contributed by atoms with van der Waals surface area (Å²) in [5, 5.41) is 11.3. The van der Waals surface area contributed by atoms with Crippen LogP contribution in [0.25, 0.3) is 0 Å².